The minimum atomic E-state index is -0.587. The van der Waals surface area contributed by atoms with Crippen molar-refractivity contribution in [3.8, 4) is 6.07 Å². The lowest BCUT2D eigenvalue weighted by atomic mass is 10.1. The molecule has 0 N–H and O–H groups in total. The summed E-state index contributed by atoms with van der Waals surface area (Å²) in [7, 11) is 0. The van der Waals surface area contributed by atoms with E-state index in [2.05, 4.69) is 6.07 Å². The lowest BCUT2D eigenvalue weighted by Gasteiger charge is -2.09. The van der Waals surface area contributed by atoms with Crippen molar-refractivity contribution in [2.75, 3.05) is 6.61 Å². The Hall–Kier alpha value is -2.12. The van der Waals surface area contributed by atoms with Crippen LogP contribution < -0.4 is 5.63 Å². The van der Waals surface area contributed by atoms with E-state index < -0.39 is 6.10 Å². The molecule has 4 nitrogen and oxygen atoms in total. The average Bonchev–Trinajstić information content (AvgIpc) is 2.35. The summed E-state index contributed by atoms with van der Waals surface area (Å²) in [6.07, 6.45) is -0.587. The molecule has 0 saturated carbocycles. The van der Waals surface area contributed by atoms with Crippen molar-refractivity contribution in [1.29, 1.82) is 5.26 Å². The first-order chi connectivity index (χ1) is 8.24. The largest absolute Gasteiger partial charge is 0.423 e. The molecule has 0 saturated heterocycles. The van der Waals surface area contributed by atoms with Crippen LogP contribution in [0.5, 0.6) is 0 Å². The number of hydrogen-bond donors (Lipinski definition) is 0. The Balaban J connectivity index is 2.48. The molecule has 0 aliphatic rings. The van der Waals surface area contributed by atoms with Crippen molar-refractivity contribution in [3.05, 3.63) is 46.3 Å². The first-order valence-corrected chi connectivity index (χ1v) is 5.29. The molecule has 4 heteroatoms. The van der Waals surface area contributed by atoms with Crippen molar-refractivity contribution in [2.45, 2.75) is 13.0 Å². The van der Waals surface area contributed by atoms with Crippen molar-refractivity contribution >= 4 is 11.0 Å². The van der Waals surface area contributed by atoms with Gasteiger partial charge >= 0.3 is 5.63 Å². The monoisotopic (exact) mass is 229 g/mol. The fourth-order valence-corrected chi connectivity index (χ4v) is 1.63. The summed E-state index contributed by atoms with van der Waals surface area (Å²) < 4.78 is 10.3. The molecule has 1 heterocycles. The number of nitriles is 1. The molecule has 0 radical (unpaired) electrons. The summed E-state index contributed by atoms with van der Waals surface area (Å²) >= 11 is 0. The first kappa shape index (κ1) is 11.4. The van der Waals surface area contributed by atoms with E-state index in [4.69, 9.17) is 14.4 Å². The van der Waals surface area contributed by atoms with Gasteiger partial charge in [-0.25, -0.2) is 4.79 Å². The second-order valence-corrected chi connectivity index (χ2v) is 3.52. The molecule has 2 rings (SSSR count). The van der Waals surface area contributed by atoms with Crippen molar-refractivity contribution in [3.63, 3.8) is 0 Å². The first-order valence-electron chi connectivity index (χ1n) is 5.29. The van der Waals surface area contributed by atoms with Gasteiger partial charge in [-0.1, -0.05) is 6.07 Å². The molecule has 1 aromatic heterocycles. The average molecular weight is 229 g/mol. The Labute approximate surface area is 98.0 Å². The van der Waals surface area contributed by atoms with Gasteiger partial charge in [-0.2, -0.15) is 5.26 Å². The Morgan fingerprint density at radius 3 is 2.94 bits per heavy atom. The molecule has 0 bridgehead atoms. The maximum Gasteiger partial charge on any atom is 0.336 e. The van der Waals surface area contributed by atoms with Gasteiger partial charge in [-0.3, -0.25) is 0 Å². The van der Waals surface area contributed by atoms with Crippen LogP contribution in [0, 0.1) is 11.3 Å². The van der Waals surface area contributed by atoms with Crippen LogP contribution in [0.3, 0.4) is 0 Å². The maximum atomic E-state index is 11.0. The molecular weight excluding hydrogens is 218 g/mol. The summed E-state index contributed by atoms with van der Waals surface area (Å²) in [5.41, 5.74) is 0.886. The highest BCUT2D eigenvalue weighted by molar-refractivity contribution is 5.77. The summed E-state index contributed by atoms with van der Waals surface area (Å²) in [4.78, 5) is 11.0. The SMILES string of the molecule is CCOC(C#N)c1ccc2oc(=O)ccc2c1. The van der Waals surface area contributed by atoms with Gasteiger partial charge in [-0.15, -0.1) is 0 Å². The van der Waals surface area contributed by atoms with Crippen LogP contribution >= 0.6 is 0 Å². The van der Waals surface area contributed by atoms with Gasteiger partial charge in [0.1, 0.15) is 5.58 Å². The third kappa shape index (κ3) is 2.35. The number of hydrogen-bond acceptors (Lipinski definition) is 4. The Bertz CT molecular complexity index is 624. The van der Waals surface area contributed by atoms with Crippen LogP contribution in [0.15, 0.2) is 39.5 Å². The van der Waals surface area contributed by atoms with Crippen LogP contribution in [-0.2, 0) is 4.74 Å². The van der Waals surface area contributed by atoms with Gasteiger partial charge in [0.15, 0.2) is 6.10 Å². The minimum absolute atomic E-state index is 0.383. The van der Waals surface area contributed by atoms with Gasteiger partial charge < -0.3 is 9.15 Å². The van der Waals surface area contributed by atoms with E-state index in [1.807, 2.05) is 6.92 Å². The third-order valence-electron chi connectivity index (χ3n) is 2.40. The van der Waals surface area contributed by atoms with Gasteiger partial charge in [0.2, 0.25) is 0 Å². The highest BCUT2D eigenvalue weighted by Gasteiger charge is 2.10. The lowest BCUT2D eigenvalue weighted by molar-refractivity contribution is 0.102. The molecule has 1 aromatic carbocycles. The second-order valence-electron chi connectivity index (χ2n) is 3.52. The van der Waals surface area contributed by atoms with Gasteiger partial charge in [0.05, 0.1) is 6.07 Å². The summed E-state index contributed by atoms with van der Waals surface area (Å²) in [5.74, 6) is 0. The molecular formula is C13H11NO3. The van der Waals surface area contributed by atoms with Crippen LogP contribution in [0.4, 0.5) is 0 Å². The van der Waals surface area contributed by atoms with Gasteiger partial charge in [0.25, 0.3) is 0 Å². The smallest absolute Gasteiger partial charge is 0.336 e. The number of benzene rings is 1. The zero-order valence-electron chi connectivity index (χ0n) is 9.34. The van der Waals surface area contributed by atoms with E-state index >= 15 is 0 Å². The Kier molecular flexibility index (Phi) is 3.22. The molecule has 0 amide bonds. The lowest BCUT2D eigenvalue weighted by Crippen LogP contribution is -2.02. The standard InChI is InChI=1S/C13H11NO3/c1-2-16-12(8-14)10-3-5-11-9(7-10)4-6-13(15)17-11/h3-7,12H,2H2,1H3. The molecule has 0 aliphatic heterocycles. The second kappa shape index (κ2) is 4.81. The van der Waals surface area contributed by atoms with Crippen LogP contribution in [0.25, 0.3) is 11.0 Å². The van der Waals surface area contributed by atoms with Crippen LogP contribution in [0.1, 0.15) is 18.6 Å². The van der Waals surface area contributed by atoms with E-state index in [1.165, 1.54) is 6.07 Å². The van der Waals surface area contributed by atoms with E-state index in [9.17, 15) is 4.79 Å². The molecule has 1 atom stereocenters. The number of ether oxygens (including phenoxy) is 1. The highest BCUT2D eigenvalue weighted by atomic mass is 16.5. The predicted molar refractivity (Wildman–Crippen MR) is 62.5 cm³/mol. The van der Waals surface area contributed by atoms with E-state index in [-0.39, 0.29) is 5.63 Å². The summed E-state index contributed by atoms with van der Waals surface area (Å²) in [5, 5.41) is 9.76. The molecule has 0 spiro atoms. The van der Waals surface area contributed by atoms with Crippen molar-refractivity contribution in [1.82, 2.24) is 0 Å². The zero-order valence-corrected chi connectivity index (χ0v) is 9.34. The molecule has 0 fully saturated rings. The number of nitrogens with zero attached hydrogens (tertiary/aromatic N) is 1. The highest BCUT2D eigenvalue weighted by Crippen LogP contribution is 2.21. The molecule has 0 aliphatic carbocycles. The number of fused-ring (bicyclic) bond motifs is 1. The quantitative estimate of drug-likeness (QED) is 0.758. The molecule has 2 aromatic rings. The van der Waals surface area contributed by atoms with Crippen molar-refractivity contribution in [2.24, 2.45) is 0 Å². The van der Waals surface area contributed by atoms with E-state index in [0.717, 1.165) is 10.9 Å². The topological polar surface area (TPSA) is 63.2 Å². The number of rotatable bonds is 3. The van der Waals surface area contributed by atoms with Crippen LogP contribution in [-0.4, -0.2) is 6.61 Å². The Morgan fingerprint density at radius 1 is 1.41 bits per heavy atom. The fraction of sp³-hybridized carbons (Fsp3) is 0.231. The fourth-order valence-electron chi connectivity index (χ4n) is 1.63. The zero-order chi connectivity index (χ0) is 12.3. The van der Waals surface area contributed by atoms with Gasteiger partial charge in [-0.05, 0) is 30.7 Å². The van der Waals surface area contributed by atoms with E-state index in [0.29, 0.717) is 12.2 Å². The van der Waals surface area contributed by atoms with Crippen LogP contribution in [0.2, 0.25) is 0 Å². The normalized spacial score (nSPS) is 12.2. The molecule has 17 heavy (non-hydrogen) atoms. The maximum absolute atomic E-state index is 11.0. The van der Waals surface area contributed by atoms with E-state index in [1.54, 1.807) is 24.3 Å². The minimum Gasteiger partial charge on any atom is -0.423 e. The third-order valence-corrected chi connectivity index (χ3v) is 2.40. The molecule has 86 valence electrons. The van der Waals surface area contributed by atoms with Crippen molar-refractivity contribution < 1.29 is 9.15 Å². The Morgan fingerprint density at radius 2 is 2.24 bits per heavy atom. The predicted octanol–water partition coefficient (Wildman–Crippen LogP) is 2.39. The van der Waals surface area contributed by atoms with Gasteiger partial charge in [0, 0.05) is 18.1 Å². The summed E-state index contributed by atoms with van der Waals surface area (Å²) in [6, 6.07) is 10.3. The molecule has 1 unspecified atom stereocenters. The summed E-state index contributed by atoms with van der Waals surface area (Å²) in [6.45, 7) is 2.31.